The lowest BCUT2D eigenvalue weighted by atomic mass is 10.2. The average Bonchev–Trinajstić information content (AvgIpc) is 2.90. The van der Waals surface area contributed by atoms with E-state index in [0.717, 1.165) is 18.2 Å². The van der Waals surface area contributed by atoms with Crippen molar-refractivity contribution in [2.45, 2.75) is 6.18 Å². The van der Waals surface area contributed by atoms with Crippen LogP contribution in [0.25, 0.3) is 11.4 Å². The fourth-order valence-electron chi connectivity index (χ4n) is 4.15. The number of rotatable bonds is 4. The van der Waals surface area contributed by atoms with Gasteiger partial charge in [-0.3, -0.25) is 0 Å². The van der Waals surface area contributed by atoms with Crippen molar-refractivity contribution >= 4 is 17.7 Å². The van der Waals surface area contributed by atoms with Gasteiger partial charge in [-0.25, -0.2) is 13.8 Å². The Bertz CT molecular complexity index is 1230. The third-order valence-electron chi connectivity index (χ3n) is 6.04. The molecule has 0 atom stereocenters. The highest BCUT2D eigenvalue weighted by Crippen LogP contribution is 2.35. The molecular formula is C23H22F5N7O. The van der Waals surface area contributed by atoms with E-state index in [0.29, 0.717) is 51.3 Å². The zero-order valence-electron chi connectivity index (χ0n) is 19.0. The molecule has 2 aliphatic rings. The summed E-state index contributed by atoms with van der Waals surface area (Å²) >= 11 is 0. The van der Waals surface area contributed by atoms with E-state index in [1.165, 1.54) is 18.3 Å². The van der Waals surface area contributed by atoms with Crippen LogP contribution in [0.3, 0.4) is 0 Å². The highest BCUT2D eigenvalue weighted by Gasteiger charge is 2.36. The van der Waals surface area contributed by atoms with Crippen molar-refractivity contribution in [1.82, 2.24) is 19.9 Å². The summed E-state index contributed by atoms with van der Waals surface area (Å²) in [6, 6.07) is 5.70. The zero-order valence-corrected chi connectivity index (χ0v) is 19.0. The van der Waals surface area contributed by atoms with E-state index in [4.69, 9.17) is 4.74 Å². The third kappa shape index (κ3) is 5.01. The fourth-order valence-corrected chi connectivity index (χ4v) is 4.15. The summed E-state index contributed by atoms with van der Waals surface area (Å²) in [6.07, 6.45) is -3.17. The van der Waals surface area contributed by atoms with Crippen LogP contribution in [0, 0.1) is 11.6 Å². The first kappa shape index (κ1) is 24.1. The molecule has 8 nitrogen and oxygen atoms in total. The molecule has 0 spiro atoms. The maximum Gasteiger partial charge on any atom is 0.419 e. The molecular weight excluding hydrogens is 485 g/mol. The summed E-state index contributed by atoms with van der Waals surface area (Å²) in [7, 11) is 0. The molecule has 0 bridgehead atoms. The van der Waals surface area contributed by atoms with Gasteiger partial charge in [0.2, 0.25) is 11.9 Å². The normalized spacial score (nSPS) is 17.0. The van der Waals surface area contributed by atoms with Gasteiger partial charge in [-0.1, -0.05) is 0 Å². The predicted octanol–water partition coefficient (Wildman–Crippen LogP) is 3.39. The predicted molar refractivity (Wildman–Crippen MR) is 122 cm³/mol. The minimum absolute atomic E-state index is 0.114. The number of aromatic nitrogens is 4. The summed E-state index contributed by atoms with van der Waals surface area (Å²) in [6.45, 7) is 3.27. The van der Waals surface area contributed by atoms with Crippen molar-refractivity contribution in [2.75, 3.05) is 67.2 Å². The Morgan fingerprint density at radius 2 is 1.39 bits per heavy atom. The molecule has 2 aromatic heterocycles. The van der Waals surface area contributed by atoms with Crippen molar-refractivity contribution < 1.29 is 26.7 Å². The van der Waals surface area contributed by atoms with Crippen LogP contribution in [0.4, 0.5) is 39.7 Å². The molecule has 3 aromatic rings. The van der Waals surface area contributed by atoms with E-state index in [2.05, 4.69) is 19.9 Å². The van der Waals surface area contributed by atoms with Gasteiger partial charge in [0.1, 0.15) is 5.82 Å². The highest BCUT2D eigenvalue weighted by atomic mass is 19.4. The van der Waals surface area contributed by atoms with Crippen LogP contribution in [-0.4, -0.2) is 72.4 Å². The van der Waals surface area contributed by atoms with Crippen molar-refractivity contribution in [2.24, 2.45) is 0 Å². The van der Waals surface area contributed by atoms with E-state index < -0.39 is 23.4 Å². The second-order valence-electron chi connectivity index (χ2n) is 8.33. The summed E-state index contributed by atoms with van der Waals surface area (Å²) in [5.74, 6) is -1.27. The quantitative estimate of drug-likeness (QED) is 0.498. The number of alkyl halides is 3. The Balaban J connectivity index is 1.43. The van der Waals surface area contributed by atoms with E-state index in [1.54, 1.807) is 4.90 Å². The summed E-state index contributed by atoms with van der Waals surface area (Å²) in [5.41, 5.74) is -0.497. The Labute approximate surface area is 203 Å². The first-order valence-corrected chi connectivity index (χ1v) is 11.4. The molecule has 2 fully saturated rings. The molecule has 13 heteroatoms. The Kier molecular flexibility index (Phi) is 6.56. The molecule has 0 radical (unpaired) electrons. The van der Waals surface area contributed by atoms with Gasteiger partial charge in [0.05, 0.1) is 18.8 Å². The Morgan fingerprint density at radius 3 is 2.03 bits per heavy atom. The maximum atomic E-state index is 13.9. The van der Waals surface area contributed by atoms with Gasteiger partial charge < -0.3 is 19.4 Å². The van der Waals surface area contributed by atoms with E-state index in [9.17, 15) is 22.0 Å². The molecule has 5 rings (SSSR count). The topological polar surface area (TPSA) is 70.5 Å². The average molecular weight is 507 g/mol. The fraction of sp³-hybridized carbons (Fsp3) is 0.391. The second-order valence-corrected chi connectivity index (χ2v) is 8.33. The van der Waals surface area contributed by atoms with Gasteiger partial charge in [-0.2, -0.15) is 28.1 Å². The van der Waals surface area contributed by atoms with Gasteiger partial charge in [-0.05, 0) is 30.3 Å². The van der Waals surface area contributed by atoms with Crippen LogP contribution in [0.15, 0.2) is 36.5 Å². The van der Waals surface area contributed by atoms with Crippen molar-refractivity contribution in [3.05, 3.63) is 53.7 Å². The van der Waals surface area contributed by atoms with Crippen LogP contribution in [0.1, 0.15) is 5.56 Å². The Morgan fingerprint density at radius 1 is 0.750 bits per heavy atom. The van der Waals surface area contributed by atoms with Crippen LogP contribution in [0.2, 0.25) is 0 Å². The number of halogens is 5. The van der Waals surface area contributed by atoms with Crippen LogP contribution in [0.5, 0.6) is 0 Å². The van der Waals surface area contributed by atoms with Crippen LogP contribution in [-0.2, 0) is 10.9 Å². The lowest BCUT2D eigenvalue weighted by molar-refractivity contribution is -0.137. The number of hydrogen-bond donors (Lipinski definition) is 0. The van der Waals surface area contributed by atoms with Gasteiger partial charge in [-0.15, -0.1) is 0 Å². The zero-order chi connectivity index (χ0) is 25.3. The van der Waals surface area contributed by atoms with Crippen LogP contribution < -0.4 is 14.7 Å². The molecule has 0 N–H and O–H groups in total. The number of pyridine rings is 1. The molecule has 0 aliphatic carbocycles. The van der Waals surface area contributed by atoms with Crippen LogP contribution >= 0.6 is 0 Å². The number of anilines is 3. The highest BCUT2D eigenvalue weighted by molar-refractivity contribution is 5.59. The van der Waals surface area contributed by atoms with E-state index in [1.807, 2.05) is 9.80 Å². The van der Waals surface area contributed by atoms with Gasteiger partial charge >= 0.3 is 6.18 Å². The molecule has 2 saturated heterocycles. The number of hydrogen-bond acceptors (Lipinski definition) is 8. The van der Waals surface area contributed by atoms with Gasteiger partial charge in [0, 0.05) is 51.0 Å². The largest absolute Gasteiger partial charge is 0.419 e. The molecule has 4 heterocycles. The van der Waals surface area contributed by atoms with Crippen molar-refractivity contribution in [3.63, 3.8) is 0 Å². The smallest absolute Gasteiger partial charge is 0.378 e. The molecule has 1 aromatic carbocycles. The molecule has 0 saturated carbocycles. The minimum atomic E-state index is -4.51. The lowest BCUT2D eigenvalue weighted by Crippen LogP contribution is -2.48. The van der Waals surface area contributed by atoms with Crippen molar-refractivity contribution in [1.29, 1.82) is 0 Å². The van der Waals surface area contributed by atoms with Crippen molar-refractivity contribution in [3.8, 4) is 11.4 Å². The first-order valence-electron chi connectivity index (χ1n) is 11.4. The molecule has 0 unspecified atom stereocenters. The maximum absolute atomic E-state index is 13.9. The number of morpholine rings is 1. The first-order chi connectivity index (χ1) is 17.3. The number of benzene rings is 1. The molecule has 190 valence electrons. The molecule has 36 heavy (non-hydrogen) atoms. The van der Waals surface area contributed by atoms with Gasteiger partial charge in [0.25, 0.3) is 0 Å². The minimum Gasteiger partial charge on any atom is -0.378 e. The SMILES string of the molecule is Fc1ccc(-c2nc(N3CCOCC3)nc(N3CCN(c4ncccc4C(F)(F)F)CC3)n2)cc1F. The summed E-state index contributed by atoms with van der Waals surface area (Å²) in [4.78, 5) is 22.9. The molecule has 2 aliphatic heterocycles. The molecule has 0 amide bonds. The summed E-state index contributed by atoms with van der Waals surface area (Å²) in [5, 5.41) is 0. The third-order valence-corrected chi connectivity index (χ3v) is 6.04. The van der Waals surface area contributed by atoms with E-state index >= 15 is 0 Å². The lowest BCUT2D eigenvalue weighted by Gasteiger charge is -2.36. The number of ether oxygens (including phenoxy) is 1. The Hall–Kier alpha value is -3.61. The number of piperazine rings is 1. The van der Waals surface area contributed by atoms with Gasteiger partial charge in [0.15, 0.2) is 17.5 Å². The van der Waals surface area contributed by atoms with E-state index in [-0.39, 0.29) is 30.3 Å². The summed E-state index contributed by atoms with van der Waals surface area (Å²) < 4.78 is 73.2. The second kappa shape index (κ2) is 9.80. The number of nitrogens with zero attached hydrogens (tertiary/aromatic N) is 7. The standard InChI is InChI=1S/C23H22F5N7O/c24-17-4-3-15(14-18(17)25)19-30-21(32-22(31-19)35-10-12-36-13-11-35)34-8-6-33(7-9-34)20-16(23(26,27)28)2-1-5-29-20/h1-5,14H,6-13H2. The monoisotopic (exact) mass is 507 g/mol.